The summed E-state index contributed by atoms with van der Waals surface area (Å²) in [6.07, 6.45) is 0. The number of rotatable bonds is 5. The number of ether oxygens (including phenoxy) is 1. The number of nitrogen functional groups attached to an aromatic ring is 1. The maximum Gasteiger partial charge on any atom is 0.151 e. The number of nitrogens with two attached hydrogens (primary N) is 1. The number of benzene rings is 1. The van der Waals surface area contributed by atoms with Gasteiger partial charge in [-0.3, -0.25) is 0 Å². The van der Waals surface area contributed by atoms with Crippen molar-refractivity contribution in [2.75, 3.05) is 17.7 Å². The molecule has 4 nitrogen and oxygen atoms in total. The van der Waals surface area contributed by atoms with Crippen molar-refractivity contribution in [2.24, 2.45) is 0 Å². The van der Waals surface area contributed by atoms with Gasteiger partial charge in [0, 0.05) is 12.1 Å². The van der Waals surface area contributed by atoms with Crippen molar-refractivity contribution in [2.45, 2.75) is 13.5 Å². The number of hydrogen-bond donors (Lipinski definition) is 2. The molecule has 1 heterocycles. The van der Waals surface area contributed by atoms with E-state index in [-0.39, 0.29) is 0 Å². The number of hydrogen-bond acceptors (Lipinski definition) is 4. The topological polar surface area (TPSA) is 60.2 Å². The molecule has 0 radical (unpaired) electrons. The van der Waals surface area contributed by atoms with Gasteiger partial charge in [0.05, 0.1) is 12.3 Å². The molecule has 0 aliphatic heterocycles. The first-order valence-corrected chi connectivity index (χ1v) is 6.45. The fourth-order valence-electron chi connectivity index (χ4n) is 1.71. The zero-order valence-electron chi connectivity index (χ0n) is 10.7. The number of nitrogens with one attached hydrogen (secondary N) is 1. The number of nitrogens with zero attached hydrogens (tertiary/aromatic N) is 1. The smallest absolute Gasteiger partial charge is 0.151 e. The average Bonchev–Trinajstić information content (AvgIpc) is 2.42. The minimum atomic E-state index is 0.412. The van der Waals surface area contributed by atoms with Crippen LogP contribution >= 0.6 is 11.6 Å². The molecule has 19 heavy (non-hydrogen) atoms. The highest BCUT2D eigenvalue weighted by Gasteiger charge is 2.05. The van der Waals surface area contributed by atoms with Gasteiger partial charge in [-0.05, 0) is 25.1 Å². The number of halogens is 1. The highest BCUT2D eigenvalue weighted by molar-refractivity contribution is 6.29. The molecule has 3 N–H and O–H groups in total. The second kappa shape index (κ2) is 6.29. The summed E-state index contributed by atoms with van der Waals surface area (Å²) in [5.74, 6) is 1.44. The molecule has 0 aliphatic rings. The van der Waals surface area contributed by atoms with Crippen molar-refractivity contribution in [3.8, 4) is 5.75 Å². The molecule has 1 aromatic heterocycles. The van der Waals surface area contributed by atoms with Crippen LogP contribution in [0.1, 0.15) is 12.5 Å². The summed E-state index contributed by atoms with van der Waals surface area (Å²) in [7, 11) is 0. The molecule has 0 bridgehead atoms. The summed E-state index contributed by atoms with van der Waals surface area (Å²) in [6, 6.07) is 11.2. The van der Waals surface area contributed by atoms with Gasteiger partial charge in [0.2, 0.25) is 0 Å². The van der Waals surface area contributed by atoms with Crippen molar-refractivity contribution in [1.29, 1.82) is 0 Å². The van der Waals surface area contributed by atoms with Crippen LogP contribution in [0.5, 0.6) is 5.75 Å². The predicted octanol–water partition coefficient (Wildman–Crippen LogP) is 3.33. The summed E-state index contributed by atoms with van der Waals surface area (Å²) < 4.78 is 5.56. The zero-order chi connectivity index (χ0) is 13.7. The van der Waals surface area contributed by atoms with Gasteiger partial charge in [-0.1, -0.05) is 29.8 Å². The summed E-state index contributed by atoms with van der Waals surface area (Å²) in [6.45, 7) is 3.17. The highest BCUT2D eigenvalue weighted by Crippen LogP contribution is 2.22. The lowest BCUT2D eigenvalue weighted by molar-refractivity contribution is 0.337. The molecule has 2 aromatic rings. The van der Waals surface area contributed by atoms with Crippen LogP contribution in [0.3, 0.4) is 0 Å². The van der Waals surface area contributed by atoms with Crippen LogP contribution < -0.4 is 15.8 Å². The number of para-hydroxylation sites is 1. The van der Waals surface area contributed by atoms with E-state index in [4.69, 9.17) is 22.1 Å². The van der Waals surface area contributed by atoms with Crippen molar-refractivity contribution in [3.63, 3.8) is 0 Å². The summed E-state index contributed by atoms with van der Waals surface area (Å²) in [5, 5.41) is 3.58. The molecule has 2 rings (SSSR count). The number of anilines is 2. The Morgan fingerprint density at radius 2 is 2.05 bits per heavy atom. The second-order valence-electron chi connectivity index (χ2n) is 3.97. The third-order valence-corrected chi connectivity index (χ3v) is 2.82. The SMILES string of the molecule is CCOc1ccccc1CNc1nc(Cl)ccc1N. The van der Waals surface area contributed by atoms with Gasteiger partial charge >= 0.3 is 0 Å². The van der Waals surface area contributed by atoms with E-state index in [2.05, 4.69) is 10.3 Å². The van der Waals surface area contributed by atoms with Crippen molar-refractivity contribution >= 4 is 23.1 Å². The normalized spacial score (nSPS) is 10.2. The van der Waals surface area contributed by atoms with Crippen LogP contribution in [0.15, 0.2) is 36.4 Å². The van der Waals surface area contributed by atoms with E-state index in [0.29, 0.717) is 29.8 Å². The van der Waals surface area contributed by atoms with E-state index in [0.717, 1.165) is 11.3 Å². The molecule has 0 spiro atoms. The maximum absolute atomic E-state index is 5.85. The lowest BCUT2D eigenvalue weighted by atomic mass is 10.2. The third kappa shape index (κ3) is 3.51. The Labute approximate surface area is 117 Å². The Kier molecular flexibility index (Phi) is 4.47. The quantitative estimate of drug-likeness (QED) is 0.823. The highest BCUT2D eigenvalue weighted by atomic mass is 35.5. The summed E-state index contributed by atoms with van der Waals surface area (Å²) >= 11 is 5.85. The lowest BCUT2D eigenvalue weighted by Crippen LogP contribution is -2.06. The zero-order valence-corrected chi connectivity index (χ0v) is 11.4. The molecule has 0 atom stereocenters. The Hall–Kier alpha value is -1.94. The molecular formula is C14H16ClN3O. The van der Waals surface area contributed by atoms with E-state index in [1.807, 2.05) is 31.2 Å². The average molecular weight is 278 g/mol. The standard InChI is InChI=1S/C14H16ClN3O/c1-2-19-12-6-4-3-5-10(12)9-17-14-11(16)7-8-13(15)18-14/h3-8H,2,9,16H2,1H3,(H,17,18). The lowest BCUT2D eigenvalue weighted by Gasteiger charge is -2.12. The van der Waals surface area contributed by atoms with Gasteiger partial charge in [0.1, 0.15) is 10.9 Å². The molecule has 5 heteroatoms. The van der Waals surface area contributed by atoms with Gasteiger partial charge in [0.25, 0.3) is 0 Å². The van der Waals surface area contributed by atoms with E-state index in [9.17, 15) is 0 Å². The van der Waals surface area contributed by atoms with E-state index in [1.165, 1.54) is 0 Å². The van der Waals surface area contributed by atoms with Crippen LogP contribution in [0.2, 0.25) is 5.15 Å². The molecule has 0 unspecified atom stereocenters. The Morgan fingerprint density at radius 1 is 1.26 bits per heavy atom. The van der Waals surface area contributed by atoms with Crippen LogP contribution in [0, 0.1) is 0 Å². The largest absolute Gasteiger partial charge is 0.494 e. The first-order valence-electron chi connectivity index (χ1n) is 6.07. The molecule has 0 saturated heterocycles. The van der Waals surface area contributed by atoms with E-state index < -0.39 is 0 Å². The Morgan fingerprint density at radius 3 is 2.84 bits per heavy atom. The summed E-state index contributed by atoms with van der Waals surface area (Å²) in [4.78, 5) is 4.15. The predicted molar refractivity (Wildman–Crippen MR) is 78.6 cm³/mol. The molecular weight excluding hydrogens is 262 g/mol. The third-order valence-electron chi connectivity index (χ3n) is 2.61. The van der Waals surface area contributed by atoms with Gasteiger partial charge in [-0.15, -0.1) is 0 Å². The maximum atomic E-state index is 5.85. The molecule has 0 amide bonds. The fraction of sp³-hybridized carbons (Fsp3) is 0.214. The molecule has 100 valence electrons. The summed E-state index contributed by atoms with van der Waals surface area (Å²) in [5.41, 5.74) is 7.45. The second-order valence-corrected chi connectivity index (χ2v) is 4.35. The first-order chi connectivity index (χ1) is 9.20. The number of pyridine rings is 1. The number of aromatic nitrogens is 1. The van der Waals surface area contributed by atoms with Crippen molar-refractivity contribution in [3.05, 3.63) is 47.1 Å². The van der Waals surface area contributed by atoms with E-state index in [1.54, 1.807) is 12.1 Å². The molecule has 1 aromatic carbocycles. The van der Waals surface area contributed by atoms with Crippen molar-refractivity contribution in [1.82, 2.24) is 4.98 Å². The van der Waals surface area contributed by atoms with Crippen molar-refractivity contribution < 1.29 is 4.74 Å². The Bertz CT molecular complexity index is 560. The van der Waals surface area contributed by atoms with E-state index >= 15 is 0 Å². The van der Waals surface area contributed by atoms with Crippen LogP contribution in [0.25, 0.3) is 0 Å². The monoisotopic (exact) mass is 277 g/mol. The molecule has 0 saturated carbocycles. The van der Waals surface area contributed by atoms with Crippen LogP contribution in [0.4, 0.5) is 11.5 Å². The van der Waals surface area contributed by atoms with Gasteiger partial charge in [-0.2, -0.15) is 0 Å². The minimum absolute atomic E-state index is 0.412. The molecule has 0 fully saturated rings. The minimum Gasteiger partial charge on any atom is -0.494 e. The molecule has 0 aliphatic carbocycles. The van der Waals surface area contributed by atoms with Gasteiger partial charge in [-0.25, -0.2) is 4.98 Å². The van der Waals surface area contributed by atoms with Crippen LogP contribution in [-0.4, -0.2) is 11.6 Å². The Balaban J connectivity index is 2.12. The van der Waals surface area contributed by atoms with Gasteiger partial charge in [0.15, 0.2) is 5.82 Å². The fourth-order valence-corrected chi connectivity index (χ4v) is 1.86. The van der Waals surface area contributed by atoms with Crippen LogP contribution in [-0.2, 0) is 6.54 Å². The first kappa shape index (κ1) is 13.5. The van der Waals surface area contributed by atoms with Gasteiger partial charge < -0.3 is 15.8 Å².